The van der Waals surface area contributed by atoms with Gasteiger partial charge in [0, 0.05) is 28.1 Å². The predicted octanol–water partition coefficient (Wildman–Crippen LogP) is 5.25. The first kappa shape index (κ1) is 22.0. The van der Waals surface area contributed by atoms with E-state index in [0.717, 1.165) is 30.3 Å². The van der Waals surface area contributed by atoms with Gasteiger partial charge in [-0.25, -0.2) is 15.0 Å². The molecular formula is C24H32N6S2. The first-order chi connectivity index (χ1) is 15.6. The largest absolute Gasteiger partial charge is 0.382 e. The summed E-state index contributed by atoms with van der Waals surface area (Å²) in [5, 5.41) is 4.48. The number of nitrogens with one attached hydrogen (secondary N) is 1. The monoisotopic (exact) mass is 468 g/mol. The highest BCUT2D eigenvalue weighted by molar-refractivity contribution is 8.00. The van der Waals surface area contributed by atoms with Crippen LogP contribution in [0.3, 0.4) is 0 Å². The number of nitrogen functional groups attached to an aromatic ring is 1. The van der Waals surface area contributed by atoms with E-state index in [4.69, 9.17) is 10.7 Å². The van der Waals surface area contributed by atoms with Gasteiger partial charge in [0.2, 0.25) is 0 Å². The molecule has 0 atom stereocenters. The summed E-state index contributed by atoms with van der Waals surface area (Å²) in [7, 11) is 0. The third-order valence-corrected chi connectivity index (χ3v) is 8.62. The summed E-state index contributed by atoms with van der Waals surface area (Å²) in [5.41, 5.74) is 10.8. The third kappa shape index (κ3) is 4.50. The van der Waals surface area contributed by atoms with Crippen LogP contribution < -0.4 is 11.1 Å². The van der Waals surface area contributed by atoms with Crippen LogP contribution in [0.2, 0.25) is 0 Å². The van der Waals surface area contributed by atoms with Crippen LogP contribution in [-0.2, 0) is 13.0 Å². The normalized spacial score (nSPS) is 16.5. The van der Waals surface area contributed by atoms with Gasteiger partial charge < -0.3 is 15.6 Å². The highest BCUT2D eigenvalue weighted by Crippen LogP contribution is 2.45. The van der Waals surface area contributed by atoms with Crippen molar-refractivity contribution >= 4 is 40.5 Å². The van der Waals surface area contributed by atoms with Gasteiger partial charge in [-0.15, -0.1) is 11.8 Å². The third-order valence-electron chi connectivity index (χ3n) is 6.45. The molecule has 6 nitrogen and oxygen atoms in total. The van der Waals surface area contributed by atoms with Crippen molar-refractivity contribution in [3.63, 3.8) is 0 Å². The maximum absolute atomic E-state index is 6.18. The highest BCUT2D eigenvalue weighted by Gasteiger charge is 2.25. The minimum atomic E-state index is 0.455. The van der Waals surface area contributed by atoms with E-state index in [2.05, 4.69) is 45.8 Å². The van der Waals surface area contributed by atoms with Gasteiger partial charge in [0.15, 0.2) is 22.1 Å². The van der Waals surface area contributed by atoms with Crippen molar-refractivity contribution in [1.82, 2.24) is 24.8 Å². The fourth-order valence-electron chi connectivity index (χ4n) is 4.81. The lowest BCUT2D eigenvalue weighted by molar-refractivity contribution is 0.525. The summed E-state index contributed by atoms with van der Waals surface area (Å²) in [5.74, 6) is 2.32. The van der Waals surface area contributed by atoms with Crippen molar-refractivity contribution in [3.05, 3.63) is 29.6 Å². The van der Waals surface area contributed by atoms with E-state index in [1.54, 1.807) is 18.1 Å². The predicted molar refractivity (Wildman–Crippen MR) is 134 cm³/mol. The molecule has 2 aliphatic rings. The Kier molecular flexibility index (Phi) is 6.62. The van der Waals surface area contributed by atoms with Crippen LogP contribution in [0.25, 0.3) is 11.2 Å². The maximum Gasteiger partial charge on any atom is 0.175 e. The standard InChI is InChI=1S/C24H32N6S2/c1-15(2)26-9-5-10-30-23-21(22(25)27-14-28-23)29-24(30)32-20-13-19-17(8-11-31-19)12-18(20)16-6-3-4-7-16/h12-16,26H,3-11H2,1-2H3,(H2,25,27,28). The first-order valence-electron chi connectivity index (χ1n) is 11.8. The minimum Gasteiger partial charge on any atom is -0.382 e. The lowest BCUT2D eigenvalue weighted by Gasteiger charge is -2.17. The van der Waals surface area contributed by atoms with Gasteiger partial charge >= 0.3 is 0 Å². The second-order valence-corrected chi connectivity index (χ2v) is 11.3. The molecule has 1 aliphatic heterocycles. The molecule has 0 amide bonds. The van der Waals surface area contributed by atoms with Gasteiger partial charge in [0.25, 0.3) is 0 Å². The Morgan fingerprint density at radius 3 is 2.91 bits per heavy atom. The fraction of sp³-hybridized carbons (Fsp3) is 0.542. The molecule has 170 valence electrons. The molecule has 0 spiro atoms. The number of aromatic nitrogens is 4. The second kappa shape index (κ2) is 9.61. The molecule has 2 aromatic heterocycles. The van der Waals surface area contributed by atoms with Gasteiger partial charge in [-0.05, 0) is 55.3 Å². The van der Waals surface area contributed by atoms with Gasteiger partial charge in [-0.3, -0.25) is 0 Å². The van der Waals surface area contributed by atoms with Crippen molar-refractivity contribution in [3.8, 4) is 0 Å². The average molecular weight is 469 g/mol. The fourth-order valence-corrected chi connectivity index (χ4v) is 7.12. The van der Waals surface area contributed by atoms with Gasteiger partial charge in [-0.2, -0.15) is 0 Å². The number of anilines is 1. The summed E-state index contributed by atoms with van der Waals surface area (Å²) in [6, 6.07) is 5.41. The summed E-state index contributed by atoms with van der Waals surface area (Å²) in [6.45, 7) is 6.18. The number of nitrogens with two attached hydrogens (primary N) is 1. The Bertz CT molecular complexity index is 1100. The first-order valence-corrected chi connectivity index (χ1v) is 13.6. The Balaban J connectivity index is 1.51. The molecule has 32 heavy (non-hydrogen) atoms. The van der Waals surface area contributed by atoms with Crippen LogP contribution in [0.5, 0.6) is 0 Å². The number of benzene rings is 1. The van der Waals surface area contributed by atoms with E-state index in [-0.39, 0.29) is 0 Å². The number of aryl methyl sites for hydroxylation is 2. The molecule has 1 fully saturated rings. The number of imidazole rings is 1. The zero-order valence-corrected chi connectivity index (χ0v) is 20.6. The smallest absolute Gasteiger partial charge is 0.175 e. The molecule has 3 aromatic rings. The lowest BCUT2D eigenvalue weighted by Crippen LogP contribution is -2.24. The number of nitrogens with zero attached hydrogens (tertiary/aromatic N) is 4. The van der Waals surface area contributed by atoms with E-state index in [1.165, 1.54) is 58.8 Å². The molecule has 1 aromatic carbocycles. The number of hydrogen-bond acceptors (Lipinski definition) is 7. The van der Waals surface area contributed by atoms with Crippen LogP contribution >= 0.6 is 23.5 Å². The van der Waals surface area contributed by atoms with Crippen molar-refractivity contribution < 1.29 is 0 Å². The van der Waals surface area contributed by atoms with Gasteiger partial charge in [0.1, 0.15) is 6.33 Å². The Hall–Kier alpha value is -1.77. The highest BCUT2D eigenvalue weighted by atomic mass is 32.2. The molecule has 8 heteroatoms. The van der Waals surface area contributed by atoms with Crippen LogP contribution in [0.15, 0.2) is 33.4 Å². The molecule has 3 N–H and O–H groups in total. The maximum atomic E-state index is 6.18. The summed E-state index contributed by atoms with van der Waals surface area (Å²) in [6.07, 6.45) is 9.04. The molecule has 1 aliphatic carbocycles. The summed E-state index contributed by atoms with van der Waals surface area (Å²) in [4.78, 5) is 16.5. The minimum absolute atomic E-state index is 0.455. The van der Waals surface area contributed by atoms with E-state index >= 15 is 0 Å². The average Bonchev–Trinajstić information content (AvgIpc) is 3.51. The summed E-state index contributed by atoms with van der Waals surface area (Å²) >= 11 is 3.77. The molecule has 0 radical (unpaired) electrons. The molecule has 0 saturated heterocycles. The van der Waals surface area contributed by atoms with E-state index in [9.17, 15) is 0 Å². The Morgan fingerprint density at radius 2 is 2.09 bits per heavy atom. The molecular weight excluding hydrogens is 436 g/mol. The molecule has 0 bridgehead atoms. The lowest BCUT2D eigenvalue weighted by atomic mass is 9.95. The number of rotatable bonds is 8. The van der Waals surface area contributed by atoms with Crippen molar-refractivity contribution in [1.29, 1.82) is 0 Å². The number of hydrogen-bond donors (Lipinski definition) is 2. The van der Waals surface area contributed by atoms with Crippen LogP contribution in [0.1, 0.15) is 63.0 Å². The Labute approximate surface area is 198 Å². The molecule has 1 saturated carbocycles. The quantitative estimate of drug-likeness (QED) is 0.437. The van der Waals surface area contributed by atoms with Gasteiger partial charge in [0.05, 0.1) is 0 Å². The van der Waals surface area contributed by atoms with Crippen LogP contribution in [0.4, 0.5) is 5.82 Å². The zero-order chi connectivity index (χ0) is 22.1. The molecule has 5 rings (SSSR count). The van der Waals surface area contributed by atoms with E-state index in [1.807, 2.05) is 11.8 Å². The van der Waals surface area contributed by atoms with E-state index < -0.39 is 0 Å². The summed E-state index contributed by atoms with van der Waals surface area (Å²) < 4.78 is 2.23. The Morgan fingerprint density at radius 1 is 1.25 bits per heavy atom. The second-order valence-electron chi connectivity index (χ2n) is 9.12. The molecule has 0 unspecified atom stereocenters. The number of thioether (sulfide) groups is 1. The van der Waals surface area contributed by atoms with Crippen LogP contribution in [-0.4, -0.2) is 37.9 Å². The van der Waals surface area contributed by atoms with Crippen molar-refractivity contribution in [2.24, 2.45) is 0 Å². The van der Waals surface area contributed by atoms with Crippen molar-refractivity contribution in [2.45, 2.75) is 85.8 Å². The van der Waals surface area contributed by atoms with Crippen LogP contribution in [0, 0.1) is 0 Å². The number of fused-ring (bicyclic) bond motifs is 2. The zero-order valence-electron chi connectivity index (χ0n) is 18.9. The molecule has 3 heterocycles. The topological polar surface area (TPSA) is 81.7 Å². The van der Waals surface area contributed by atoms with E-state index in [0.29, 0.717) is 23.3 Å². The van der Waals surface area contributed by atoms with Crippen molar-refractivity contribution in [2.75, 3.05) is 18.0 Å². The SMILES string of the molecule is CC(C)NCCCn1c(Sc2cc3c(cc2C2CCCC2)CCS3)nc2c(N)ncnc21. The van der Waals surface area contributed by atoms with Gasteiger partial charge in [-0.1, -0.05) is 44.5 Å².